The molecule has 1 aromatic rings. The van der Waals surface area contributed by atoms with Gasteiger partial charge in [0, 0.05) is 11.5 Å². The summed E-state index contributed by atoms with van der Waals surface area (Å²) >= 11 is 0. The summed E-state index contributed by atoms with van der Waals surface area (Å²) in [5.41, 5.74) is 3.06. The zero-order valence-corrected chi connectivity index (χ0v) is 13.7. The first kappa shape index (κ1) is 15.4. The fraction of sp³-hybridized carbons (Fsp3) is 0.684. The number of halogens is 2. The number of rotatable bonds is 3. The van der Waals surface area contributed by atoms with Crippen LogP contribution in [0.2, 0.25) is 0 Å². The van der Waals surface area contributed by atoms with E-state index in [9.17, 15) is 8.78 Å². The summed E-state index contributed by atoms with van der Waals surface area (Å²) in [6.45, 7) is 0.628. The molecule has 3 atom stereocenters. The first-order valence-corrected chi connectivity index (χ1v) is 8.85. The zero-order valence-electron chi connectivity index (χ0n) is 13.7. The number of piperidine rings is 1. The molecular formula is C19H25F2NO. The monoisotopic (exact) mass is 321 g/mol. The van der Waals surface area contributed by atoms with E-state index >= 15 is 0 Å². The highest BCUT2D eigenvalue weighted by molar-refractivity contribution is 5.45. The molecule has 0 aromatic heterocycles. The summed E-state index contributed by atoms with van der Waals surface area (Å²) in [5, 5.41) is 0. The Bertz CT molecular complexity index is 591. The van der Waals surface area contributed by atoms with Crippen molar-refractivity contribution in [2.75, 3.05) is 20.2 Å². The van der Waals surface area contributed by atoms with Crippen LogP contribution in [0.4, 0.5) is 8.78 Å². The minimum atomic E-state index is -2.42. The Morgan fingerprint density at radius 1 is 1.30 bits per heavy atom. The van der Waals surface area contributed by atoms with Crippen LogP contribution in [-0.4, -0.2) is 37.6 Å². The Morgan fingerprint density at radius 2 is 2.17 bits per heavy atom. The molecule has 1 heterocycles. The summed E-state index contributed by atoms with van der Waals surface area (Å²) in [7, 11) is 2.26. The second kappa shape index (κ2) is 5.73. The molecule has 1 aromatic carbocycles. The van der Waals surface area contributed by atoms with Gasteiger partial charge in [-0.2, -0.15) is 0 Å². The fourth-order valence-electron chi connectivity index (χ4n) is 5.42. The van der Waals surface area contributed by atoms with E-state index in [0.717, 1.165) is 13.0 Å². The van der Waals surface area contributed by atoms with Crippen molar-refractivity contribution in [3.63, 3.8) is 0 Å². The first-order chi connectivity index (χ1) is 11.1. The van der Waals surface area contributed by atoms with Crippen LogP contribution >= 0.6 is 0 Å². The van der Waals surface area contributed by atoms with E-state index in [-0.39, 0.29) is 5.41 Å². The molecule has 23 heavy (non-hydrogen) atoms. The van der Waals surface area contributed by atoms with Crippen molar-refractivity contribution < 1.29 is 13.5 Å². The van der Waals surface area contributed by atoms with E-state index in [2.05, 4.69) is 24.1 Å². The Kier molecular flexibility index (Phi) is 3.83. The van der Waals surface area contributed by atoms with Crippen LogP contribution < -0.4 is 4.74 Å². The summed E-state index contributed by atoms with van der Waals surface area (Å²) in [5.74, 6) is 1.33. The van der Waals surface area contributed by atoms with Gasteiger partial charge in [-0.25, -0.2) is 8.78 Å². The molecule has 2 nitrogen and oxygen atoms in total. The molecule has 2 fully saturated rings. The molecule has 1 saturated carbocycles. The lowest BCUT2D eigenvalue weighted by Crippen LogP contribution is -2.59. The molecule has 0 unspecified atom stereocenters. The molecule has 2 bridgehead atoms. The highest BCUT2D eigenvalue weighted by Crippen LogP contribution is 2.55. The molecular weight excluding hydrogens is 296 g/mol. The Labute approximate surface area is 136 Å². The van der Waals surface area contributed by atoms with Gasteiger partial charge in [-0.15, -0.1) is 0 Å². The molecule has 1 aliphatic heterocycles. The lowest BCUT2D eigenvalue weighted by Gasteiger charge is -2.58. The quantitative estimate of drug-likeness (QED) is 0.834. The molecule has 0 spiro atoms. The van der Waals surface area contributed by atoms with Crippen molar-refractivity contribution in [1.82, 2.24) is 4.90 Å². The minimum absolute atomic E-state index is 0.257. The predicted octanol–water partition coefficient (Wildman–Crippen LogP) is 4.02. The number of benzene rings is 1. The minimum Gasteiger partial charge on any atom is -0.488 e. The average Bonchev–Trinajstić information content (AvgIpc) is 2.56. The number of hydrogen-bond donors (Lipinski definition) is 0. The van der Waals surface area contributed by atoms with Gasteiger partial charge >= 0.3 is 0 Å². The van der Waals surface area contributed by atoms with Crippen LogP contribution in [0.3, 0.4) is 0 Å². The van der Waals surface area contributed by atoms with Gasteiger partial charge in [0.05, 0.1) is 0 Å². The Morgan fingerprint density at radius 3 is 3.00 bits per heavy atom. The smallest absolute Gasteiger partial charge is 0.272 e. The van der Waals surface area contributed by atoms with Crippen molar-refractivity contribution in [2.45, 2.75) is 56.4 Å². The van der Waals surface area contributed by atoms with E-state index in [1.165, 1.54) is 43.2 Å². The van der Waals surface area contributed by atoms with Crippen LogP contribution in [-0.2, 0) is 11.8 Å². The number of ether oxygens (including phenoxy) is 1. The topological polar surface area (TPSA) is 12.5 Å². The van der Waals surface area contributed by atoms with E-state index in [1.54, 1.807) is 0 Å². The number of likely N-dealkylation sites (N-methyl/N-ethyl adjacent to an activating group) is 1. The van der Waals surface area contributed by atoms with Crippen LogP contribution in [0.25, 0.3) is 0 Å². The Hall–Kier alpha value is -1.16. The summed E-state index contributed by atoms with van der Waals surface area (Å²) in [6, 6.07) is 6.72. The van der Waals surface area contributed by atoms with Crippen LogP contribution in [0.5, 0.6) is 5.75 Å². The van der Waals surface area contributed by atoms with Gasteiger partial charge in [-0.05, 0) is 68.5 Å². The normalized spacial score (nSPS) is 33.2. The van der Waals surface area contributed by atoms with Crippen LogP contribution in [0.15, 0.2) is 18.2 Å². The Balaban J connectivity index is 1.73. The number of hydrogen-bond acceptors (Lipinski definition) is 2. The van der Waals surface area contributed by atoms with Crippen LogP contribution in [0, 0.1) is 5.92 Å². The molecule has 0 N–H and O–H groups in total. The number of likely N-dealkylation sites (tertiary alicyclic amines) is 1. The molecule has 2 aliphatic carbocycles. The molecule has 126 valence electrons. The third kappa shape index (κ3) is 2.46. The van der Waals surface area contributed by atoms with E-state index in [1.807, 2.05) is 6.07 Å². The number of fused-ring (bicyclic) bond motifs is 1. The molecule has 3 aliphatic rings. The molecule has 1 saturated heterocycles. The van der Waals surface area contributed by atoms with E-state index < -0.39 is 13.0 Å². The van der Waals surface area contributed by atoms with Gasteiger partial charge in [-0.3, -0.25) is 0 Å². The van der Waals surface area contributed by atoms with Gasteiger partial charge in [0.25, 0.3) is 6.43 Å². The van der Waals surface area contributed by atoms with E-state index in [0.29, 0.717) is 17.7 Å². The van der Waals surface area contributed by atoms with Gasteiger partial charge < -0.3 is 9.64 Å². The third-order valence-electron chi connectivity index (χ3n) is 6.46. The van der Waals surface area contributed by atoms with Crippen LogP contribution in [0.1, 0.15) is 43.2 Å². The summed E-state index contributed by atoms with van der Waals surface area (Å²) < 4.78 is 30.2. The lowest BCUT2D eigenvalue weighted by atomic mass is 9.52. The second-order valence-electron chi connectivity index (χ2n) is 7.53. The maximum Gasteiger partial charge on any atom is 0.272 e. The molecule has 0 amide bonds. The largest absolute Gasteiger partial charge is 0.488 e. The fourth-order valence-corrected chi connectivity index (χ4v) is 5.42. The van der Waals surface area contributed by atoms with Crippen molar-refractivity contribution in [3.05, 3.63) is 29.3 Å². The SMILES string of the molecule is CN1CC[C@@]23CCCC[C@@H]2[C@@H]1Cc1ccc(OCC(F)F)cc13. The first-order valence-electron chi connectivity index (χ1n) is 8.85. The maximum absolute atomic E-state index is 12.4. The van der Waals surface area contributed by atoms with Crippen molar-refractivity contribution in [1.29, 1.82) is 0 Å². The average molecular weight is 321 g/mol. The summed E-state index contributed by atoms with van der Waals surface area (Å²) in [4.78, 5) is 2.54. The van der Waals surface area contributed by atoms with E-state index in [4.69, 9.17) is 4.74 Å². The highest BCUT2D eigenvalue weighted by atomic mass is 19.3. The van der Waals surface area contributed by atoms with Gasteiger partial charge in [-0.1, -0.05) is 18.9 Å². The van der Waals surface area contributed by atoms with Crippen molar-refractivity contribution >= 4 is 0 Å². The van der Waals surface area contributed by atoms with Crippen molar-refractivity contribution in [3.8, 4) is 5.75 Å². The van der Waals surface area contributed by atoms with Crippen molar-refractivity contribution in [2.24, 2.45) is 5.92 Å². The van der Waals surface area contributed by atoms with Gasteiger partial charge in [0.1, 0.15) is 12.4 Å². The number of nitrogens with zero attached hydrogens (tertiary/aromatic N) is 1. The molecule has 4 rings (SSSR count). The van der Waals surface area contributed by atoms with Gasteiger partial charge in [0.2, 0.25) is 0 Å². The zero-order chi connectivity index (χ0) is 16.0. The third-order valence-corrected chi connectivity index (χ3v) is 6.46. The maximum atomic E-state index is 12.4. The molecule has 0 radical (unpaired) electrons. The predicted molar refractivity (Wildman–Crippen MR) is 86.3 cm³/mol. The molecule has 4 heteroatoms. The van der Waals surface area contributed by atoms with Gasteiger partial charge in [0.15, 0.2) is 0 Å². The highest BCUT2D eigenvalue weighted by Gasteiger charge is 2.53. The lowest BCUT2D eigenvalue weighted by molar-refractivity contribution is 0.00259. The standard InChI is InChI=1S/C19H25F2NO/c1-22-9-8-19-7-3-2-4-15(19)17(22)10-13-5-6-14(11-16(13)19)23-12-18(20)21/h5-6,11,15,17-18H,2-4,7-10,12H2,1H3/t15-,17+,19+/m1/s1. The second-order valence-corrected chi connectivity index (χ2v) is 7.53. The number of alkyl halides is 2. The summed E-state index contributed by atoms with van der Waals surface area (Å²) in [6.07, 6.45) is 5.02.